The van der Waals surface area contributed by atoms with Gasteiger partial charge in [0.1, 0.15) is 5.69 Å². The molecule has 3 rings (SSSR count). The number of β-amino-alcohol motifs (C(OH)–C–C–N with tert-alkyl or cyclic N) is 1. The summed E-state index contributed by atoms with van der Waals surface area (Å²) in [6, 6.07) is 7.71. The Balaban J connectivity index is 1.60. The summed E-state index contributed by atoms with van der Waals surface area (Å²) in [6.45, 7) is 6.35. The minimum absolute atomic E-state index is 0.0737. The lowest BCUT2D eigenvalue weighted by Crippen LogP contribution is -2.50. The molecule has 1 aliphatic rings. The number of carbonyl (C=O) groups is 1. The molecule has 2 aromatic rings. The second kappa shape index (κ2) is 8.27. The van der Waals surface area contributed by atoms with Gasteiger partial charge in [0, 0.05) is 57.9 Å². The van der Waals surface area contributed by atoms with Crippen molar-refractivity contribution in [2.24, 2.45) is 0 Å². The predicted molar refractivity (Wildman–Crippen MR) is 96.4 cm³/mol. The van der Waals surface area contributed by atoms with E-state index in [0.717, 1.165) is 25.1 Å². The molecule has 1 amide bonds. The zero-order valence-electron chi connectivity index (χ0n) is 14.7. The van der Waals surface area contributed by atoms with Gasteiger partial charge in [-0.1, -0.05) is 13.0 Å². The van der Waals surface area contributed by atoms with Gasteiger partial charge in [-0.2, -0.15) is 0 Å². The number of nitrogens with zero attached hydrogens (tertiary/aromatic N) is 4. The number of hydrogen-bond acceptors (Lipinski definition) is 4. The molecule has 1 N–H and O–H groups in total. The van der Waals surface area contributed by atoms with Crippen molar-refractivity contribution in [3.8, 4) is 0 Å². The summed E-state index contributed by atoms with van der Waals surface area (Å²) in [5.41, 5.74) is 1.79. The Labute approximate surface area is 148 Å². The molecule has 0 unspecified atom stereocenters. The first-order valence-electron chi connectivity index (χ1n) is 8.91. The topological polar surface area (TPSA) is 61.6 Å². The SMILES string of the molecule is CC[C@H](O)CN1CCN(C(=O)c2cccn2Cc2cccnc2)CC1. The van der Waals surface area contributed by atoms with Gasteiger partial charge in [-0.25, -0.2) is 0 Å². The van der Waals surface area contributed by atoms with Crippen molar-refractivity contribution in [3.05, 3.63) is 54.1 Å². The van der Waals surface area contributed by atoms with Crippen LogP contribution < -0.4 is 0 Å². The van der Waals surface area contributed by atoms with E-state index in [2.05, 4.69) is 9.88 Å². The highest BCUT2D eigenvalue weighted by Gasteiger charge is 2.24. The number of aliphatic hydroxyl groups excluding tert-OH is 1. The third kappa shape index (κ3) is 4.46. The molecule has 3 heterocycles. The first-order chi connectivity index (χ1) is 12.2. The van der Waals surface area contributed by atoms with E-state index < -0.39 is 0 Å². The van der Waals surface area contributed by atoms with Gasteiger partial charge >= 0.3 is 0 Å². The van der Waals surface area contributed by atoms with Crippen molar-refractivity contribution in [1.82, 2.24) is 19.4 Å². The van der Waals surface area contributed by atoms with Gasteiger partial charge in [0.15, 0.2) is 0 Å². The molecule has 0 aromatic carbocycles. The summed E-state index contributed by atoms with van der Waals surface area (Å²) in [5.74, 6) is 0.0737. The lowest BCUT2D eigenvalue weighted by molar-refractivity contribution is 0.0516. The lowest BCUT2D eigenvalue weighted by Gasteiger charge is -2.35. The van der Waals surface area contributed by atoms with E-state index in [9.17, 15) is 9.90 Å². The van der Waals surface area contributed by atoms with Crippen molar-refractivity contribution in [2.75, 3.05) is 32.7 Å². The molecular formula is C19H26N4O2. The lowest BCUT2D eigenvalue weighted by atomic mass is 10.2. The number of amides is 1. The minimum atomic E-state index is -0.279. The number of carbonyl (C=O) groups excluding carboxylic acids is 1. The molecule has 0 radical (unpaired) electrons. The number of aromatic nitrogens is 2. The van der Waals surface area contributed by atoms with Crippen LogP contribution in [0.1, 0.15) is 29.4 Å². The highest BCUT2D eigenvalue weighted by atomic mass is 16.3. The molecule has 25 heavy (non-hydrogen) atoms. The average molecular weight is 342 g/mol. The fourth-order valence-electron chi connectivity index (χ4n) is 3.16. The smallest absolute Gasteiger partial charge is 0.270 e. The Bertz CT molecular complexity index is 678. The molecule has 6 nitrogen and oxygen atoms in total. The summed E-state index contributed by atoms with van der Waals surface area (Å²) in [4.78, 5) is 21.1. The fraction of sp³-hybridized carbons (Fsp3) is 0.474. The average Bonchev–Trinajstić information content (AvgIpc) is 3.10. The maximum atomic E-state index is 12.9. The van der Waals surface area contributed by atoms with E-state index >= 15 is 0 Å². The molecule has 1 aliphatic heterocycles. The Morgan fingerprint density at radius 2 is 2.04 bits per heavy atom. The van der Waals surface area contributed by atoms with Crippen LogP contribution in [-0.4, -0.2) is 69.2 Å². The normalized spacial score (nSPS) is 16.8. The molecule has 0 saturated carbocycles. The summed E-state index contributed by atoms with van der Waals surface area (Å²) < 4.78 is 1.98. The summed E-state index contributed by atoms with van der Waals surface area (Å²) in [7, 11) is 0. The van der Waals surface area contributed by atoms with Crippen molar-refractivity contribution in [3.63, 3.8) is 0 Å². The van der Waals surface area contributed by atoms with Crippen LogP contribution >= 0.6 is 0 Å². The van der Waals surface area contributed by atoms with E-state index in [-0.39, 0.29) is 12.0 Å². The summed E-state index contributed by atoms with van der Waals surface area (Å²) >= 11 is 0. The Hall–Kier alpha value is -2.18. The molecule has 1 saturated heterocycles. The largest absolute Gasteiger partial charge is 0.392 e. The van der Waals surface area contributed by atoms with Crippen molar-refractivity contribution >= 4 is 5.91 Å². The quantitative estimate of drug-likeness (QED) is 0.863. The molecule has 1 atom stereocenters. The van der Waals surface area contributed by atoms with Crippen LogP contribution in [0, 0.1) is 0 Å². The second-order valence-electron chi connectivity index (χ2n) is 6.54. The zero-order chi connectivity index (χ0) is 17.6. The van der Waals surface area contributed by atoms with Crippen LogP contribution in [0.15, 0.2) is 42.9 Å². The van der Waals surface area contributed by atoms with E-state index in [1.54, 1.807) is 6.20 Å². The van der Waals surface area contributed by atoms with Crippen LogP contribution in [0.3, 0.4) is 0 Å². The fourth-order valence-corrected chi connectivity index (χ4v) is 3.16. The van der Waals surface area contributed by atoms with Crippen LogP contribution in [0.2, 0.25) is 0 Å². The minimum Gasteiger partial charge on any atom is -0.392 e. The third-order valence-corrected chi connectivity index (χ3v) is 4.72. The monoisotopic (exact) mass is 342 g/mol. The summed E-state index contributed by atoms with van der Waals surface area (Å²) in [6.07, 6.45) is 6.00. The molecule has 2 aromatic heterocycles. The Morgan fingerprint density at radius 3 is 2.72 bits per heavy atom. The Morgan fingerprint density at radius 1 is 1.24 bits per heavy atom. The number of pyridine rings is 1. The van der Waals surface area contributed by atoms with E-state index in [1.807, 2.05) is 53.0 Å². The highest BCUT2D eigenvalue weighted by molar-refractivity contribution is 5.92. The van der Waals surface area contributed by atoms with Crippen LogP contribution in [0.4, 0.5) is 0 Å². The van der Waals surface area contributed by atoms with Crippen LogP contribution in [0.5, 0.6) is 0 Å². The molecule has 0 bridgehead atoms. The molecule has 0 spiro atoms. The first kappa shape index (κ1) is 17.6. The summed E-state index contributed by atoms with van der Waals surface area (Å²) in [5, 5.41) is 9.78. The first-order valence-corrected chi connectivity index (χ1v) is 8.91. The Kier molecular flexibility index (Phi) is 5.83. The van der Waals surface area contributed by atoms with Gasteiger partial charge in [-0.3, -0.25) is 14.7 Å². The van der Waals surface area contributed by atoms with Gasteiger partial charge in [0.25, 0.3) is 5.91 Å². The van der Waals surface area contributed by atoms with Gasteiger partial charge in [-0.15, -0.1) is 0 Å². The van der Waals surface area contributed by atoms with Gasteiger partial charge in [0.2, 0.25) is 0 Å². The van der Waals surface area contributed by atoms with Gasteiger partial charge in [0.05, 0.1) is 6.10 Å². The molecular weight excluding hydrogens is 316 g/mol. The molecule has 1 fully saturated rings. The van der Waals surface area contributed by atoms with Crippen molar-refractivity contribution in [2.45, 2.75) is 26.0 Å². The molecule has 6 heteroatoms. The van der Waals surface area contributed by atoms with E-state index in [0.29, 0.717) is 31.9 Å². The molecule has 0 aliphatic carbocycles. The van der Waals surface area contributed by atoms with Crippen LogP contribution in [-0.2, 0) is 6.54 Å². The van der Waals surface area contributed by atoms with Crippen LogP contribution in [0.25, 0.3) is 0 Å². The maximum Gasteiger partial charge on any atom is 0.270 e. The second-order valence-corrected chi connectivity index (χ2v) is 6.54. The molecule has 134 valence electrons. The standard InChI is InChI=1S/C19H26N4O2/c1-2-17(24)15-21-9-11-22(12-10-21)19(25)18-6-4-8-23(18)14-16-5-3-7-20-13-16/h3-8,13,17,24H,2,9-12,14-15H2,1H3/t17-/m0/s1. The number of aliphatic hydroxyl groups is 1. The number of hydrogen-bond donors (Lipinski definition) is 1. The zero-order valence-corrected chi connectivity index (χ0v) is 14.7. The van der Waals surface area contributed by atoms with Crippen molar-refractivity contribution in [1.29, 1.82) is 0 Å². The van der Waals surface area contributed by atoms with E-state index in [1.165, 1.54) is 0 Å². The highest BCUT2D eigenvalue weighted by Crippen LogP contribution is 2.12. The van der Waals surface area contributed by atoms with Gasteiger partial charge < -0.3 is 14.6 Å². The predicted octanol–water partition coefficient (Wildman–Crippen LogP) is 1.46. The third-order valence-electron chi connectivity index (χ3n) is 4.72. The van der Waals surface area contributed by atoms with Crippen molar-refractivity contribution < 1.29 is 9.90 Å². The number of piperazine rings is 1. The number of rotatable bonds is 6. The van der Waals surface area contributed by atoms with Gasteiger partial charge in [-0.05, 0) is 30.2 Å². The maximum absolute atomic E-state index is 12.9. The van der Waals surface area contributed by atoms with E-state index in [4.69, 9.17) is 0 Å².